The zero-order valence-corrected chi connectivity index (χ0v) is 25.1. The number of aromatic amines is 1. The standard InChI is InChI=1S/C34H25N2O8P/c1-40-17-34-18-42-29(30(34)44-45(39)41-2)32(43-34)36-16-21(31(37)35-33(36)38)13-12-19-14-15-26-24-10-4-7-20-6-3-9-23(27(20)24)25-11-5-8-22(19)28(25)26/h3-11,14-16,29-30,32H,17-18H2,1-2H3/p+1. The summed E-state index contributed by atoms with van der Waals surface area (Å²) in [5.41, 5.74) is -1.64. The van der Waals surface area contributed by atoms with E-state index < -0.39 is 43.5 Å². The van der Waals surface area contributed by atoms with Crippen molar-refractivity contribution >= 4 is 51.3 Å². The molecule has 1 aromatic heterocycles. The fourth-order valence-electron chi connectivity index (χ4n) is 6.91. The molecule has 2 aliphatic rings. The maximum atomic E-state index is 13.0. The second-order valence-corrected chi connectivity index (χ2v) is 12.3. The van der Waals surface area contributed by atoms with Crippen LogP contribution in [0.1, 0.15) is 17.4 Å². The molecule has 2 saturated heterocycles. The summed E-state index contributed by atoms with van der Waals surface area (Å²) in [5.74, 6) is 6.17. The molecule has 2 fully saturated rings. The number of nitrogens with zero attached hydrogens (tertiary/aromatic N) is 1. The SMILES string of the molecule is COCC12COC(C(n3cc(C#Cc4ccc5c6cccc7cccc(c8cccc4c85)c76)c(=O)[nH]c3=O)O1)C2O[P+](=O)OC. The highest BCUT2D eigenvalue weighted by Crippen LogP contribution is 2.49. The summed E-state index contributed by atoms with van der Waals surface area (Å²) >= 11 is 0. The summed E-state index contributed by atoms with van der Waals surface area (Å²) < 4.78 is 41.3. The molecule has 10 nitrogen and oxygen atoms in total. The van der Waals surface area contributed by atoms with E-state index in [1.54, 1.807) is 0 Å². The predicted octanol–water partition coefficient (Wildman–Crippen LogP) is 4.99. The number of hydrogen-bond donors (Lipinski definition) is 1. The Morgan fingerprint density at radius 1 is 0.911 bits per heavy atom. The lowest BCUT2D eigenvalue weighted by Gasteiger charge is -2.30. The van der Waals surface area contributed by atoms with E-state index >= 15 is 0 Å². The second-order valence-electron chi connectivity index (χ2n) is 11.3. The Labute approximate surface area is 256 Å². The van der Waals surface area contributed by atoms with Crippen LogP contribution >= 0.6 is 8.25 Å². The van der Waals surface area contributed by atoms with Gasteiger partial charge >= 0.3 is 13.9 Å². The number of aromatic nitrogens is 2. The first kappa shape index (κ1) is 28.0. The van der Waals surface area contributed by atoms with Crippen LogP contribution in [0.25, 0.3) is 43.1 Å². The lowest BCUT2D eigenvalue weighted by Crippen LogP contribution is -2.45. The zero-order valence-electron chi connectivity index (χ0n) is 24.2. The van der Waals surface area contributed by atoms with Crippen LogP contribution in [-0.4, -0.2) is 54.8 Å². The molecular weight excluding hydrogens is 595 g/mol. The van der Waals surface area contributed by atoms with E-state index in [1.165, 1.54) is 46.5 Å². The van der Waals surface area contributed by atoms with Gasteiger partial charge in [0.25, 0.3) is 5.56 Å². The summed E-state index contributed by atoms with van der Waals surface area (Å²) in [6, 6.07) is 22.9. The first-order valence-corrected chi connectivity index (χ1v) is 15.4. The quantitative estimate of drug-likeness (QED) is 0.120. The normalized spacial score (nSPS) is 22.9. The molecule has 5 unspecified atom stereocenters. The molecule has 2 aliphatic heterocycles. The summed E-state index contributed by atoms with van der Waals surface area (Å²) in [6.45, 7) is 0.167. The lowest BCUT2D eigenvalue weighted by atomic mass is 9.88. The number of H-pyrrole nitrogens is 1. The fourth-order valence-corrected chi connectivity index (χ4v) is 7.49. The lowest BCUT2D eigenvalue weighted by molar-refractivity contribution is -0.190. The third-order valence-electron chi connectivity index (χ3n) is 8.81. The van der Waals surface area contributed by atoms with Crippen molar-refractivity contribution in [2.45, 2.75) is 24.0 Å². The van der Waals surface area contributed by atoms with Gasteiger partial charge in [0, 0.05) is 23.4 Å². The van der Waals surface area contributed by atoms with E-state index in [2.05, 4.69) is 65.4 Å². The molecule has 0 radical (unpaired) electrons. The Kier molecular flexibility index (Phi) is 6.59. The number of fused-ring (bicyclic) bond motifs is 4. The Morgan fingerprint density at radius 3 is 2.31 bits per heavy atom. The minimum Gasteiger partial charge on any atom is -0.381 e. The van der Waals surface area contributed by atoms with Crippen LogP contribution in [0.4, 0.5) is 0 Å². The minimum absolute atomic E-state index is 0.0619. The van der Waals surface area contributed by atoms with Crippen LogP contribution in [0, 0.1) is 11.8 Å². The monoisotopic (exact) mass is 621 g/mol. The molecule has 1 N–H and O–H groups in total. The number of methoxy groups -OCH3 is 1. The van der Waals surface area contributed by atoms with Crippen molar-refractivity contribution in [3.63, 3.8) is 0 Å². The van der Waals surface area contributed by atoms with Gasteiger partial charge in [0.2, 0.25) is 0 Å². The van der Waals surface area contributed by atoms with Crippen molar-refractivity contribution in [2.24, 2.45) is 0 Å². The molecule has 0 spiro atoms. The average molecular weight is 622 g/mol. The van der Waals surface area contributed by atoms with Gasteiger partial charge in [-0.3, -0.25) is 14.3 Å². The molecule has 3 heterocycles. The third-order valence-corrected chi connectivity index (χ3v) is 9.51. The summed E-state index contributed by atoms with van der Waals surface area (Å²) in [5, 5.41) is 9.10. The van der Waals surface area contributed by atoms with Gasteiger partial charge in [-0.1, -0.05) is 72.5 Å². The Morgan fingerprint density at radius 2 is 1.58 bits per heavy atom. The predicted molar refractivity (Wildman–Crippen MR) is 169 cm³/mol. The molecule has 0 aliphatic carbocycles. The topological polar surface area (TPSA) is 118 Å². The Hall–Kier alpha value is -4.46. The fraction of sp³-hybridized carbons (Fsp3) is 0.235. The van der Waals surface area contributed by atoms with Crippen LogP contribution < -0.4 is 11.2 Å². The Bertz CT molecular complexity index is 2300. The van der Waals surface area contributed by atoms with E-state index in [9.17, 15) is 14.2 Å². The zero-order chi connectivity index (χ0) is 30.9. The van der Waals surface area contributed by atoms with Crippen molar-refractivity contribution in [1.82, 2.24) is 9.55 Å². The van der Waals surface area contributed by atoms with Crippen LogP contribution in [0.3, 0.4) is 0 Å². The van der Waals surface area contributed by atoms with Gasteiger partial charge in [-0.05, 0) is 49.2 Å². The number of nitrogens with one attached hydrogen (secondary N) is 1. The minimum atomic E-state index is -2.46. The van der Waals surface area contributed by atoms with Gasteiger partial charge in [0.1, 0.15) is 11.7 Å². The summed E-state index contributed by atoms with van der Waals surface area (Å²) in [7, 11) is 0.298. The van der Waals surface area contributed by atoms with E-state index in [0.29, 0.717) is 0 Å². The Balaban J connectivity index is 1.22. The maximum Gasteiger partial charge on any atom is 0.697 e. The molecule has 0 saturated carbocycles. The summed E-state index contributed by atoms with van der Waals surface area (Å²) in [6.07, 6.45) is -1.29. The number of rotatable bonds is 6. The molecular formula is C34H26N2O8P+. The van der Waals surface area contributed by atoms with Gasteiger partial charge in [-0.15, -0.1) is 9.05 Å². The third kappa shape index (κ3) is 4.25. The van der Waals surface area contributed by atoms with E-state index in [-0.39, 0.29) is 18.8 Å². The second kappa shape index (κ2) is 10.6. The van der Waals surface area contributed by atoms with Gasteiger partial charge < -0.3 is 14.2 Å². The van der Waals surface area contributed by atoms with Crippen molar-refractivity contribution in [2.75, 3.05) is 27.4 Å². The van der Waals surface area contributed by atoms with E-state index in [4.69, 9.17) is 23.3 Å². The van der Waals surface area contributed by atoms with Crippen LogP contribution in [0.15, 0.2) is 82.5 Å². The average Bonchev–Trinajstić information content (AvgIpc) is 3.53. The number of ether oxygens (including phenoxy) is 3. The molecule has 11 heteroatoms. The van der Waals surface area contributed by atoms with E-state index in [1.807, 2.05) is 18.2 Å². The number of hydrogen-bond acceptors (Lipinski definition) is 8. The molecule has 2 bridgehead atoms. The molecule has 8 rings (SSSR count). The van der Waals surface area contributed by atoms with Crippen molar-refractivity contribution in [3.05, 3.63) is 105 Å². The molecule has 224 valence electrons. The number of benzene rings is 5. The maximum absolute atomic E-state index is 13.0. The van der Waals surface area contributed by atoms with Gasteiger partial charge in [0.05, 0.1) is 20.3 Å². The van der Waals surface area contributed by atoms with Crippen molar-refractivity contribution < 1.29 is 27.8 Å². The van der Waals surface area contributed by atoms with Crippen LogP contribution in [0.5, 0.6) is 0 Å². The summed E-state index contributed by atoms with van der Waals surface area (Å²) in [4.78, 5) is 28.3. The van der Waals surface area contributed by atoms with Crippen molar-refractivity contribution in [3.8, 4) is 11.8 Å². The molecule has 45 heavy (non-hydrogen) atoms. The van der Waals surface area contributed by atoms with Crippen LogP contribution in [0.2, 0.25) is 0 Å². The molecule has 6 aromatic rings. The largest absolute Gasteiger partial charge is 0.697 e. The van der Waals surface area contributed by atoms with Crippen molar-refractivity contribution in [1.29, 1.82) is 0 Å². The smallest absolute Gasteiger partial charge is 0.381 e. The highest BCUT2D eigenvalue weighted by molar-refractivity contribution is 7.33. The highest BCUT2D eigenvalue weighted by Gasteiger charge is 2.66. The van der Waals surface area contributed by atoms with E-state index in [0.717, 1.165) is 27.1 Å². The molecule has 5 atom stereocenters. The molecule has 0 amide bonds. The van der Waals surface area contributed by atoms with Gasteiger partial charge in [-0.25, -0.2) is 4.79 Å². The van der Waals surface area contributed by atoms with Gasteiger partial charge in [0.15, 0.2) is 17.9 Å². The molecule has 5 aromatic carbocycles. The van der Waals surface area contributed by atoms with Gasteiger partial charge in [-0.2, -0.15) is 0 Å². The van der Waals surface area contributed by atoms with Crippen LogP contribution in [-0.2, 0) is 27.8 Å². The first-order valence-electron chi connectivity index (χ1n) is 14.3. The highest BCUT2D eigenvalue weighted by atomic mass is 31.1. The first-order chi connectivity index (χ1) is 21.9.